The largest absolute Gasteiger partial charge is 0.491 e. The van der Waals surface area contributed by atoms with Crippen molar-refractivity contribution < 1.29 is 14.6 Å². The summed E-state index contributed by atoms with van der Waals surface area (Å²) >= 11 is 0. The van der Waals surface area contributed by atoms with Gasteiger partial charge in [0.15, 0.2) is 0 Å². The van der Waals surface area contributed by atoms with Gasteiger partial charge in [-0.1, -0.05) is 26.8 Å². The Labute approximate surface area is 114 Å². The van der Waals surface area contributed by atoms with Gasteiger partial charge in [0.05, 0.1) is 6.10 Å². The average Bonchev–Trinajstić information content (AvgIpc) is 2.35. The van der Waals surface area contributed by atoms with Gasteiger partial charge in [0, 0.05) is 11.8 Å². The van der Waals surface area contributed by atoms with Crippen molar-refractivity contribution in [2.24, 2.45) is 5.92 Å². The Hall–Kier alpha value is -1.71. The molecule has 4 heteroatoms. The van der Waals surface area contributed by atoms with Gasteiger partial charge in [-0.3, -0.25) is 0 Å². The van der Waals surface area contributed by atoms with E-state index in [4.69, 9.17) is 9.84 Å². The summed E-state index contributed by atoms with van der Waals surface area (Å²) in [5.41, 5.74) is 0.766. The molecule has 2 unspecified atom stereocenters. The van der Waals surface area contributed by atoms with E-state index in [9.17, 15) is 4.79 Å². The third-order valence-electron chi connectivity index (χ3n) is 3.00. The fraction of sp³-hybridized carbons (Fsp3) is 0.533. The third kappa shape index (κ3) is 4.81. The van der Waals surface area contributed by atoms with E-state index < -0.39 is 12.0 Å². The standard InChI is InChI=1S/C15H23NO3/c1-5-11(4)19-13-8-6-7-12(9-13)16-14(10(2)3)15(17)18/h6-11,14,16H,5H2,1-4H3,(H,17,18). The van der Waals surface area contributed by atoms with Gasteiger partial charge >= 0.3 is 5.97 Å². The Kier molecular flexibility index (Phi) is 5.67. The second kappa shape index (κ2) is 7.02. The fourth-order valence-electron chi connectivity index (χ4n) is 1.67. The number of aliphatic carboxylic acids is 1. The smallest absolute Gasteiger partial charge is 0.326 e. The van der Waals surface area contributed by atoms with Crippen LogP contribution in [0.2, 0.25) is 0 Å². The van der Waals surface area contributed by atoms with Crippen LogP contribution in [0.3, 0.4) is 0 Å². The molecule has 2 N–H and O–H groups in total. The van der Waals surface area contributed by atoms with Crippen LogP contribution in [0.25, 0.3) is 0 Å². The van der Waals surface area contributed by atoms with Crippen molar-refractivity contribution in [3.05, 3.63) is 24.3 Å². The molecule has 2 atom stereocenters. The van der Waals surface area contributed by atoms with E-state index in [1.807, 2.05) is 45.0 Å². The van der Waals surface area contributed by atoms with Gasteiger partial charge in [0.1, 0.15) is 11.8 Å². The van der Waals surface area contributed by atoms with Crippen LogP contribution in [-0.4, -0.2) is 23.2 Å². The topological polar surface area (TPSA) is 58.6 Å². The SMILES string of the molecule is CCC(C)Oc1cccc(NC(C(=O)O)C(C)C)c1. The Morgan fingerprint density at radius 1 is 1.37 bits per heavy atom. The summed E-state index contributed by atoms with van der Waals surface area (Å²) in [7, 11) is 0. The highest BCUT2D eigenvalue weighted by molar-refractivity contribution is 5.77. The Morgan fingerprint density at radius 2 is 2.05 bits per heavy atom. The number of ether oxygens (including phenoxy) is 1. The molecule has 106 valence electrons. The average molecular weight is 265 g/mol. The lowest BCUT2D eigenvalue weighted by Gasteiger charge is -2.20. The number of benzene rings is 1. The lowest BCUT2D eigenvalue weighted by molar-refractivity contribution is -0.138. The van der Waals surface area contributed by atoms with Crippen molar-refractivity contribution in [3.8, 4) is 5.75 Å². The highest BCUT2D eigenvalue weighted by Gasteiger charge is 2.21. The van der Waals surface area contributed by atoms with Gasteiger partial charge in [0.2, 0.25) is 0 Å². The predicted molar refractivity (Wildman–Crippen MR) is 76.7 cm³/mol. The quantitative estimate of drug-likeness (QED) is 0.793. The van der Waals surface area contributed by atoms with E-state index in [0.717, 1.165) is 17.9 Å². The molecule has 0 amide bonds. The van der Waals surface area contributed by atoms with E-state index in [0.29, 0.717) is 0 Å². The molecule has 0 fully saturated rings. The van der Waals surface area contributed by atoms with Gasteiger partial charge < -0.3 is 15.2 Å². The normalized spacial score (nSPS) is 13.9. The molecule has 1 aromatic rings. The third-order valence-corrected chi connectivity index (χ3v) is 3.00. The van der Waals surface area contributed by atoms with Crippen LogP contribution in [0, 0.1) is 5.92 Å². The number of carboxylic acid groups (broad SMARTS) is 1. The maximum absolute atomic E-state index is 11.2. The summed E-state index contributed by atoms with van der Waals surface area (Å²) < 4.78 is 5.72. The summed E-state index contributed by atoms with van der Waals surface area (Å²) in [6.07, 6.45) is 1.08. The molecular formula is C15H23NO3. The molecule has 0 aliphatic heterocycles. The van der Waals surface area contributed by atoms with Gasteiger partial charge in [-0.25, -0.2) is 4.79 Å². The second-order valence-electron chi connectivity index (χ2n) is 5.07. The lowest BCUT2D eigenvalue weighted by Crippen LogP contribution is -2.34. The van der Waals surface area contributed by atoms with Crippen LogP contribution in [0.4, 0.5) is 5.69 Å². The van der Waals surface area contributed by atoms with Gasteiger partial charge in [-0.2, -0.15) is 0 Å². The number of rotatable bonds is 7. The van der Waals surface area contributed by atoms with Crippen LogP contribution in [0.1, 0.15) is 34.1 Å². The Balaban J connectivity index is 2.78. The first-order chi connectivity index (χ1) is 8.93. The first kappa shape index (κ1) is 15.3. The molecule has 0 spiro atoms. The summed E-state index contributed by atoms with van der Waals surface area (Å²) in [6.45, 7) is 7.83. The van der Waals surface area contributed by atoms with Crippen molar-refractivity contribution >= 4 is 11.7 Å². The summed E-state index contributed by atoms with van der Waals surface area (Å²) in [6, 6.07) is 6.83. The molecule has 0 bridgehead atoms. The maximum Gasteiger partial charge on any atom is 0.326 e. The molecule has 0 radical (unpaired) electrons. The number of hydrogen-bond donors (Lipinski definition) is 2. The van der Waals surface area contributed by atoms with Crippen molar-refractivity contribution in [3.63, 3.8) is 0 Å². The Bertz CT molecular complexity index is 418. The van der Waals surface area contributed by atoms with Crippen molar-refractivity contribution in [1.29, 1.82) is 0 Å². The molecule has 0 saturated carbocycles. The van der Waals surface area contributed by atoms with Crippen LogP contribution in [-0.2, 0) is 4.79 Å². The zero-order valence-electron chi connectivity index (χ0n) is 12.0. The molecule has 0 aromatic heterocycles. The minimum atomic E-state index is -0.844. The van der Waals surface area contributed by atoms with E-state index in [1.54, 1.807) is 0 Å². The number of hydrogen-bond acceptors (Lipinski definition) is 3. The maximum atomic E-state index is 11.2. The van der Waals surface area contributed by atoms with Crippen LogP contribution in [0.5, 0.6) is 5.75 Å². The zero-order chi connectivity index (χ0) is 14.4. The summed E-state index contributed by atoms with van der Waals surface area (Å²) in [5, 5.41) is 12.2. The highest BCUT2D eigenvalue weighted by atomic mass is 16.5. The number of carbonyl (C=O) groups is 1. The summed E-state index contributed by atoms with van der Waals surface area (Å²) in [5.74, 6) is -0.0767. The molecule has 0 aliphatic rings. The monoisotopic (exact) mass is 265 g/mol. The molecule has 1 aromatic carbocycles. The van der Waals surface area contributed by atoms with Crippen LogP contribution in [0.15, 0.2) is 24.3 Å². The predicted octanol–water partition coefficient (Wildman–Crippen LogP) is 3.39. The van der Waals surface area contributed by atoms with E-state index in [-0.39, 0.29) is 12.0 Å². The van der Waals surface area contributed by atoms with Crippen molar-refractivity contribution in [2.75, 3.05) is 5.32 Å². The van der Waals surface area contributed by atoms with E-state index in [1.165, 1.54) is 0 Å². The van der Waals surface area contributed by atoms with Gasteiger partial charge in [0.25, 0.3) is 0 Å². The van der Waals surface area contributed by atoms with Crippen molar-refractivity contribution in [2.45, 2.75) is 46.3 Å². The molecule has 0 aliphatic carbocycles. The molecule has 19 heavy (non-hydrogen) atoms. The number of nitrogens with one attached hydrogen (secondary N) is 1. The lowest BCUT2D eigenvalue weighted by atomic mass is 10.0. The summed E-state index contributed by atoms with van der Waals surface area (Å²) in [4.78, 5) is 11.2. The molecular weight excluding hydrogens is 242 g/mol. The zero-order valence-corrected chi connectivity index (χ0v) is 12.0. The van der Waals surface area contributed by atoms with Crippen molar-refractivity contribution in [1.82, 2.24) is 0 Å². The second-order valence-corrected chi connectivity index (χ2v) is 5.07. The first-order valence-corrected chi connectivity index (χ1v) is 6.70. The minimum Gasteiger partial charge on any atom is -0.491 e. The molecule has 0 saturated heterocycles. The molecule has 0 heterocycles. The highest BCUT2D eigenvalue weighted by Crippen LogP contribution is 2.21. The van der Waals surface area contributed by atoms with E-state index >= 15 is 0 Å². The number of carboxylic acids is 1. The first-order valence-electron chi connectivity index (χ1n) is 6.70. The Morgan fingerprint density at radius 3 is 2.58 bits per heavy atom. The number of anilines is 1. The van der Waals surface area contributed by atoms with E-state index in [2.05, 4.69) is 12.2 Å². The molecule has 4 nitrogen and oxygen atoms in total. The van der Waals surface area contributed by atoms with Crippen LogP contribution < -0.4 is 10.1 Å². The molecule has 1 rings (SSSR count). The fourth-order valence-corrected chi connectivity index (χ4v) is 1.67. The minimum absolute atomic E-state index is 0.0108. The van der Waals surface area contributed by atoms with Crippen LogP contribution >= 0.6 is 0 Å². The van der Waals surface area contributed by atoms with Gasteiger partial charge in [-0.15, -0.1) is 0 Å². The van der Waals surface area contributed by atoms with Gasteiger partial charge in [-0.05, 0) is 31.4 Å².